The van der Waals surface area contributed by atoms with Crippen LogP contribution in [0.3, 0.4) is 0 Å². The van der Waals surface area contributed by atoms with Crippen LogP contribution in [0.5, 0.6) is 0 Å². The topological polar surface area (TPSA) is 141 Å². The third-order valence-corrected chi connectivity index (χ3v) is 5.36. The lowest BCUT2D eigenvalue weighted by atomic mass is 10.4. The van der Waals surface area contributed by atoms with Gasteiger partial charge in [-0.3, -0.25) is 14.3 Å². The van der Waals surface area contributed by atoms with Crippen LogP contribution >= 0.6 is 7.60 Å². The summed E-state index contributed by atoms with van der Waals surface area (Å²) < 4.78 is 24.9. The highest BCUT2D eigenvalue weighted by Crippen LogP contribution is 2.52. The molecule has 0 aromatic carbocycles. The molecule has 0 aliphatic heterocycles. The first-order valence-electron chi connectivity index (χ1n) is 7.60. The van der Waals surface area contributed by atoms with Gasteiger partial charge < -0.3 is 14.2 Å². The minimum Gasteiger partial charge on any atom is -0.379 e. The fourth-order valence-electron chi connectivity index (χ4n) is 2.06. The van der Waals surface area contributed by atoms with Gasteiger partial charge in [0.1, 0.15) is 0 Å². The van der Waals surface area contributed by atoms with Gasteiger partial charge in [0.05, 0.1) is 26.0 Å². The van der Waals surface area contributed by atoms with Gasteiger partial charge >= 0.3 is 13.3 Å². The maximum absolute atomic E-state index is 12.5. The summed E-state index contributed by atoms with van der Waals surface area (Å²) >= 11 is 0. The summed E-state index contributed by atoms with van der Waals surface area (Å²) in [6.07, 6.45) is 2.70. The molecule has 2 heterocycles. The quantitative estimate of drug-likeness (QED) is 0.617. The molecule has 11 nitrogen and oxygen atoms in total. The number of nitrogens with zero attached hydrogens (tertiary/aromatic N) is 4. The van der Waals surface area contributed by atoms with Gasteiger partial charge in [-0.15, -0.1) is 5.10 Å². The third-order valence-electron chi connectivity index (χ3n) is 3.23. The summed E-state index contributed by atoms with van der Waals surface area (Å²) in [6.45, 7) is 4.84. The molecule has 2 N–H and O–H groups in total. The molecule has 0 amide bonds. The Hall–Kier alpha value is -2.07. The molecule has 0 saturated carbocycles. The zero-order chi connectivity index (χ0) is 18.6. The Bertz CT molecular complexity index is 878. The molecule has 0 bridgehead atoms. The van der Waals surface area contributed by atoms with Gasteiger partial charge in [0.25, 0.3) is 5.56 Å². The normalized spacial score (nSPS) is 13.1. The van der Waals surface area contributed by atoms with Crippen molar-refractivity contribution in [1.82, 2.24) is 24.5 Å². The molecular formula is C13H20N5O6P. The molecule has 25 heavy (non-hydrogen) atoms. The molecule has 1 atom stereocenters. The van der Waals surface area contributed by atoms with Crippen LogP contribution in [0, 0.1) is 6.92 Å². The van der Waals surface area contributed by atoms with Crippen LogP contribution < -0.4 is 11.2 Å². The van der Waals surface area contributed by atoms with Gasteiger partial charge in [-0.05, 0) is 20.8 Å². The van der Waals surface area contributed by atoms with E-state index in [9.17, 15) is 19.3 Å². The van der Waals surface area contributed by atoms with Crippen molar-refractivity contribution in [2.24, 2.45) is 0 Å². The SMILES string of the molecule is CCOP(=O)(OCC)C(O)Cn1cc(-n2cc(C)c(=O)[nH]c2=O)nn1. The molecule has 2 aromatic heterocycles. The number of hydrogen-bond acceptors (Lipinski definition) is 8. The molecule has 0 radical (unpaired) electrons. The summed E-state index contributed by atoms with van der Waals surface area (Å²) in [6, 6.07) is 0. The Morgan fingerprint density at radius 3 is 2.52 bits per heavy atom. The molecule has 0 fully saturated rings. The highest BCUT2D eigenvalue weighted by molar-refractivity contribution is 7.54. The number of rotatable bonds is 8. The minimum atomic E-state index is -3.71. The van der Waals surface area contributed by atoms with Gasteiger partial charge in [-0.25, -0.2) is 14.0 Å². The molecule has 2 aromatic rings. The lowest BCUT2D eigenvalue weighted by Gasteiger charge is -2.21. The van der Waals surface area contributed by atoms with Crippen molar-refractivity contribution < 1.29 is 18.7 Å². The van der Waals surface area contributed by atoms with Gasteiger partial charge in [0.2, 0.25) is 0 Å². The first-order valence-corrected chi connectivity index (χ1v) is 9.21. The van der Waals surface area contributed by atoms with E-state index in [1.807, 2.05) is 0 Å². The van der Waals surface area contributed by atoms with Crippen molar-refractivity contribution in [3.63, 3.8) is 0 Å². The molecule has 0 aliphatic rings. The second kappa shape index (κ2) is 7.87. The van der Waals surface area contributed by atoms with Gasteiger partial charge in [-0.2, -0.15) is 0 Å². The second-order valence-corrected chi connectivity index (χ2v) is 7.29. The second-order valence-electron chi connectivity index (χ2n) is 5.10. The molecular weight excluding hydrogens is 353 g/mol. The van der Waals surface area contributed by atoms with Crippen molar-refractivity contribution in [2.45, 2.75) is 33.2 Å². The smallest absolute Gasteiger partial charge is 0.360 e. The van der Waals surface area contributed by atoms with Crippen LogP contribution in [-0.2, 0) is 20.2 Å². The predicted molar refractivity (Wildman–Crippen MR) is 87.8 cm³/mol. The Morgan fingerprint density at radius 2 is 1.92 bits per heavy atom. The van der Waals surface area contributed by atoms with Crippen molar-refractivity contribution in [1.29, 1.82) is 0 Å². The molecule has 0 saturated heterocycles. The van der Waals surface area contributed by atoms with Crippen LogP contribution in [0.2, 0.25) is 0 Å². The summed E-state index contributed by atoms with van der Waals surface area (Å²) in [5, 5.41) is 17.8. The number of hydrogen-bond donors (Lipinski definition) is 2. The van der Waals surface area contributed by atoms with E-state index in [0.717, 1.165) is 4.57 Å². The van der Waals surface area contributed by atoms with Crippen molar-refractivity contribution in [3.8, 4) is 5.82 Å². The fourth-order valence-corrected chi connectivity index (χ4v) is 3.57. The van der Waals surface area contributed by atoms with E-state index in [0.29, 0.717) is 5.56 Å². The van der Waals surface area contributed by atoms with Crippen LogP contribution in [0.4, 0.5) is 0 Å². The molecule has 2 rings (SSSR count). The van der Waals surface area contributed by atoms with E-state index in [1.54, 1.807) is 20.8 Å². The van der Waals surface area contributed by atoms with Crippen LogP contribution in [0.15, 0.2) is 22.0 Å². The average Bonchev–Trinajstić information content (AvgIpc) is 2.99. The Labute approximate surface area is 142 Å². The van der Waals surface area contributed by atoms with Crippen molar-refractivity contribution in [3.05, 3.63) is 38.8 Å². The standard InChI is InChI=1S/C13H20N5O6P/c1-4-23-25(22,24-5-2)11(19)8-17-7-10(15-16-17)18-6-9(3)12(20)14-13(18)21/h6-7,11,19H,4-5,8H2,1-3H3,(H,14,20,21). The Balaban J connectivity index is 2.24. The highest BCUT2D eigenvalue weighted by Gasteiger charge is 2.34. The number of aromatic nitrogens is 5. The zero-order valence-corrected chi connectivity index (χ0v) is 15.0. The van der Waals surface area contributed by atoms with E-state index >= 15 is 0 Å². The number of H-pyrrole nitrogens is 1. The largest absolute Gasteiger partial charge is 0.379 e. The molecule has 12 heteroatoms. The van der Waals surface area contributed by atoms with E-state index in [-0.39, 0.29) is 25.6 Å². The van der Waals surface area contributed by atoms with Gasteiger partial charge in [-0.1, -0.05) is 5.21 Å². The molecule has 0 spiro atoms. The number of aliphatic hydroxyl groups excluding tert-OH is 1. The lowest BCUT2D eigenvalue weighted by molar-refractivity contribution is 0.136. The molecule has 1 unspecified atom stereocenters. The highest BCUT2D eigenvalue weighted by atomic mass is 31.2. The number of aliphatic hydroxyl groups is 1. The van der Waals surface area contributed by atoms with Crippen molar-refractivity contribution in [2.75, 3.05) is 13.2 Å². The van der Waals surface area contributed by atoms with E-state index in [1.165, 1.54) is 17.1 Å². The first kappa shape index (κ1) is 19.3. The number of aryl methyl sites for hydroxylation is 1. The summed E-state index contributed by atoms with van der Waals surface area (Å²) in [4.78, 5) is 25.4. The monoisotopic (exact) mass is 373 g/mol. The zero-order valence-electron chi connectivity index (χ0n) is 14.1. The Morgan fingerprint density at radius 1 is 1.28 bits per heavy atom. The fraction of sp³-hybridized carbons (Fsp3) is 0.538. The molecule has 0 aliphatic carbocycles. The number of nitrogens with one attached hydrogen (secondary N) is 1. The predicted octanol–water partition coefficient (Wildman–Crippen LogP) is 0.0102. The summed E-state index contributed by atoms with van der Waals surface area (Å²) in [5.41, 5.74) is -0.831. The van der Waals surface area contributed by atoms with E-state index < -0.39 is 24.7 Å². The van der Waals surface area contributed by atoms with Gasteiger partial charge in [0, 0.05) is 11.8 Å². The Kier molecular flexibility index (Phi) is 6.07. The number of aromatic amines is 1. The van der Waals surface area contributed by atoms with Crippen LogP contribution in [0.25, 0.3) is 5.82 Å². The van der Waals surface area contributed by atoms with Gasteiger partial charge in [0.15, 0.2) is 11.7 Å². The van der Waals surface area contributed by atoms with E-state index in [2.05, 4.69) is 15.3 Å². The average molecular weight is 373 g/mol. The summed E-state index contributed by atoms with van der Waals surface area (Å²) in [5.74, 6) is -1.31. The van der Waals surface area contributed by atoms with E-state index in [4.69, 9.17) is 9.05 Å². The third kappa shape index (κ3) is 4.31. The maximum atomic E-state index is 12.5. The lowest BCUT2D eigenvalue weighted by Crippen LogP contribution is -2.29. The van der Waals surface area contributed by atoms with Crippen LogP contribution in [-0.4, -0.2) is 48.7 Å². The van der Waals surface area contributed by atoms with Crippen LogP contribution in [0.1, 0.15) is 19.4 Å². The molecule has 138 valence electrons. The minimum absolute atomic E-state index is 0.114. The van der Waals surface area contributed by atoms with Crippen molar-refractivity contribution >= 4 is 7.60 Å². The maximum Gasteiger partial charge on any atom is 0.360 e. The summed E-state index contributed by atoms with van der Waals surface area (Å²) in [7, 11) is -3.71. The first-order chi connectivity index (χ1) is 11.8.